The number of hydrogen-bond acceptors (Lipinski definition) is 4. The summed E-state index contributed by atoms with van der Waals surface area (Å²) >= 11 is 0. The second kappa shape index (κ2) is 6.30. The standard InChI is InChI=1S/C16H21N3O/c1-2-14(11-20)19(15-7-3-12(17)4-8-15)16-9-5-13(18)6-10-16/h3-10,14,20H,2,11,17-18H2,1H3. The van der Waals surface area contributed by atoms with Gasteiger partial charge in [-0.2, -0.15) is 0 Å². The molecule has 0 radical (unpaired) electrons. The van der Waals surface area contributed by atoms with Crippen LogP contribution in [0.4, 0.5) is 22.7 Å². The van der Waals surface area contributed by atoms with Crippen molar-refractivity contribution in [1.29, 1.82) is 0 Å². The molecule has 0 heterocycles. The van der Waals surface area contributed by atoms with Gasteiger partial charge >= 0.3 is 0 Å². The van der Waals surface area contributed by atoms with Crippen LogP contribution in [0, 0.1) is 0 Å². The van der Waals surface area contributed by atoms with Crippen molar-refractivity contribution in [3.63, 3.8) is 0 Å². The van der Waals surface area contributed by atoms with Gasteiger partial charge in [0.2, 0.25) is 0 Å². The Balaban J connectivity index is 2.43. The zero-order chi connectivity index (χ0) is 14.5. The van der Waals surface area contributed by atoms with Gasteiger partial charge in [-0.1, -0.05) is 6.92 Å². The number of hydrogen-bond donors (Lipinski definition) is 3. The molecule has 0 saturated heterocycles. The highest BCUT2D eigenvalue weighted by molar-refractivity contribution is 5.67. The highest BCUT2D eigenvalue weighted by Gasteiger charge is 2.18. The molecule has 0 bridgehead atoms. The fourth-order valence-corrected chi connectivity index (χ4v) is 2.23. The van der Waals surface area contributed by atoms with E-state index in [0.717, 1.165) is 29.2 Å². The molecule has 0 spiro atoms. The van der Waals surface area contributed by atoms with Crippen molar-refractivity contribution in [2.24, 2.45) is 0 Å². The summed E-state index contributed by atoms with van der Waals surface area (Å²) in [7, 11) is 0. The van der Waals surface area contributed by atoms with Crippen LogP contribution in [-0.2, 0) is 0 Å². The summed E-state index contributed by atoms with van der Waals surface area (Å²) in [6.45, 7) is 2.15. The highest BCUT2D eigenvalue weighted by Crippen LogP contribution is 2.30. The molecule has 106 valence electrons. The topological polar surface area (TPSA) is 75.5 Å². The number of nitrogens with zero attached hydrogens (tertiary/aromatic N) is 1. The molecule has 5 N–H and O–H groups in total. The lowest BCUT2D eigenvalue weighted by Crippen LogP contribution is -2.33. The molecular formula is C16H21N3O. The third-order valence-electron chi connectivity index (χ3n) is 3.39. The number of nitrogen functional groups attached to an aromatic ring is 2. The molecule has 0 aliphatic rings. The fourth-order valence-electron chi connectivity index (χ4n) is 2.23. The molecule has 2 aromatic rings. The second-order valence-corrected chi connectivity index (χ2v) is 4.80. The van der Waals surface area contributed by atoms with E-state index in [9.17, 15) is 5.11 Å². The van der Waals surface area contributed by atoms with Crippen LogP contribution in [0.3, 0.4) is 0 Å². The van der Waals surface area contributed by atoms with E-state index < -0.39 is 0 Å². The van der Waals surface area contributed by atoms with E-state index in [2.05, 4.69) is 11.8 Å². The predicted octanol–water partition coefficient (Wildman–Crippen LogP) is 2.76. The molecular weight excluding hydrogens is 250 g/mol. The smallest absolute Gasteiger partial charge is 0.0639 e. The Bertz CT molecular complexity index is 487. The summed E-state index contributed by atoms with van der Waals surface area (Å²) in [4.78, 5) is 2.11. The average Bonchev–Trinajstić information content (AvgIpc) is 2.47. The first-order valence-corrected chi connectivity index (χ1v) is 6.77. The number of rotatable bonds is 5. The van der Waals surface area contributed by atoms with Gasteiger partial charge in [0.15, 0.2) is 0 Å². The monoisotopic (exact) mass is 271 g/mol. The first-order valence-electron chi connectivity index (χ1n) is 6.77. The van der Waals surface area contributed by atoms with Crippen LogP contribution in [0.5, 0.6) is 0 Å². The minimum atomic E-state index is 0.0160. The lowest BCUT2D eigenvalue weighted by molar-refractivity contribution is 0.262. The van der Waals surface area contributed by atoms with Gasteiger partial charge < -0.3 is 21.5 Å². The molecule has 0 amide bonds. The summed E-state index contributed by atoms with van der Waals surface area (Å²) in [5.74, 6) is 0. The van der Waals surface area contributed by atoms with Crippen LogP contribution in [0.1, 0.15) is 13.3 Å². The van der Waals surface area contributed by atoms with Gasteiger partial charge in [0.05, 0.1) is 12.6 Å². The van der Waals surface area contributed by atoms with Gasteiger partial charge in [-0.3, -0.25) is 0 Å². The van der Waals surface area contributed by atoms with E-state index in [1.54, 1.807) is 0 Å². The molecule has 2 aromatic carbocycles. The highest BCUT2D eigenvalue weighted by atomic mass is 16.3. The second-order valence-electron chi connectivity index (χ2n) is 4.80. The molecule has 0 aromatic heterocycles. The molecule has 20 heavy (non-hydrogen) atoms. The largest absolute Gasteiger partial charge is 0.399 e. The number of aliphatic hydroxyl groups is 1. The molecule has 4 heteroatoms. The zero-order valence-corrected chi connectivity index (χ0v) is 11.7. The first-order chi connectivity index (χ1) is 9.65. The van der Waals surface area contributed by atoms with Crippen LogP contribution in [0.25, 0.3) is 0 Å². The third kappa shape index (κ3) is 3.03. The molecule has 0 aliphatic heterocycles. The van der Waals surface area contributed by atoms with E-state index in [1.807, 2.05) is 48.5 Å². The molecule has 2 rings (SSSR count). The summed E-state index contributed by atoms with van der Waals surface area (Å²) in [6.07, 6.45) is 0.839. The first kappa shape index (κ1) is 14.2. The van der Waals surface area contributed by atoms with Crippen molar-refractivity contribution < 1.29 is 5.11 Å². The van der Waals surface area contributed by atoms with Crippen molar-refractivity contribution in [1.82, 2.24) is 0 Å². The van der Waals surface area contributed by atoms with Crippen molar-refractivity contribution in [2.75, 3.05) is 23.0 Å². The van der Waals surface area contributed by atoms with Gasteiger partial charge in [-0.15, -0.1) is 0 Å². The maximum Gasteiger partial charge on any atom is 0.0639 e. The minimum absolute atomic E-state index is 0.0160. The summed E-state index contributed by atoms with van der Waals surface area (Å²) < 4.78 is 0. The average molecular weight is 271 g/mol. The van der Waals surface area contributed by atoms with Crippen molar-refractivity contribution in [3.8, 4) is 0 Å². The predicted molar refractivity (Wildman–Crippen MR) is 85.0 cm³/mol. The Hall–Kier alpha value is -2.20. The lowest BCUT2D eigenvalue weighted by atomic mass is 10.1. The van der Waals surface area contributed by atoms with Crippen molar-refractivity contribution in [3.05, 3.63) is 48.5 Å². The summed E-state index contributed by atoms with van der Waals surface area (Å²) in [6, 6.07) is 15.3. The van der Waals surface area contributed by atoms with Crippen molar-refractivity contribution in [2.45, 2.75) is 19.4 Å². The van der Waals surface area contributed by atoms with E-state index in [4.69, 9.17) is 11.5 Å². The molecule has 0 fully saturated rings. The number of nitrogens with two attached hydrogens (primary N) is 2. The lowest BCUT2D eigenvalue weighted by Gasteiger charge is -2.32. The minimum Gasteiger partial charge on any atom is -0.399 e. The molecule has 1 atom stereocenters. The maximum atomic E-state index is 9.64. The fraction of sp³-hybridized carbons (Fsp3) is 0.250. The van der Waals surface area contributed by atoms with Crippen LogP contribution in [0.15, 0.2) is 48.5 Å². The molecule has 1 unspecified atom stereocenters. The van der Waals surface area contributed by atoms with Crippen LogP contribution < -0.4 is 16.4 Å². The Morgan fingerprint density at radius 1 is 0.900 bits per heavy atom. The van der Waals surface area contributed by atoms with Crippen molar-refractivity contribution >= 4 is 22.7 Å². The molecule has 0 saturated carbocycles. The normalized spacial score (nSPS) is 12.1. The molecule has 0 aliphatic carbocycles. The zero-order valence-electron chi connectivity index (χ0n) is 11.7. The SMILES string of the molecule is CCC(CO)N(c1ccc(N)cc1)c1ccc(N)cc1. The van der Waals surface area contributed by atoms with Crippen LogP contribution in [0.2, 0.25) is 0 Å². The quantitative estimate of drug-likeness (QED) is 0.731. The number of aliphatic hydroxyl groups excluding tert-OH is 1. The van der Waals surface area contributed by atoms with E-state index in [-0.39, 0.29) is 12.6 Å². The Morgan fingerprint density at radius 3 is 1.60 bits per heavy atom. The number of anilines is 4. The van der Waals surface area contributed by atoms with Gasteiger partial charge in [0.1, 0.15) is 0 Å². The maximum absolute atomic E-state index is 9.64. The Kier molecular flexibility index (Phi) is 4.48. The number of benzene rings is 2. The van der Waals surface area contributed by atoms with Crippen LogP contribution >= 0.6 is 0 Å². The summed E-state index contributed by atoms with van der Waals surface area (Å²) in [5, 5.41) is 9.64. The van der Waals surface area contributed by atoms with Gasteiger partial charge in [-0.25, -0.2) is 0 Å². The molecule has 4 nitrogen and oxygen atoms in total. The van der Waals surface area contributed by atoms with Gasteiger partial charge in [0, 0.05) is 22.7 Å². The van der Waals surface area contributed by atoms with Crippen LogP contribution in [-0.4, -0.2) is 17.8 Å². The third-order valence-corrected chi connectivity index (χ3v) is 3.39. The van der Waals surface area contributed by atoms with E-state index in [0.29, 0.717) is 0 Å². The van der Waals surface area contributed by atoms with E-state index in [1.165, 1.54) is 0 Å². The van der Waals surface area contributed by atoms with Gasteiger partial charge in [-0.05, 0) is 55.0 Å². The Labute approximate surface area is 119 Å². The van der Waals surface area contributed by atoms with Gasteiger partial charge in [0.25, 0.3) is 0 Å². The summed E-state index contributed by atoms with van der Waals surface area (Å²) in [5.41, 5.74) is 14.9. The van der Waals surface area contributed by atoms with E-state index >= 15 is 0 Å². The Morgan fingerprint density at radius 2 is 1.30 bits per heavy atom.